The van der Waals surface area contributed by atoms with Gasteiger partial charge in [-0.3, -0.25) is 9.59 Å². The predicted octanol–water partition coefficient (Wildman–Crippen LogP) is -0.868. The highest BCUT2D eigenvalue weighted by Crippen LogP contribution is 2.29. The quantitative estimate of drug-likeness (QED) is 0.696. The van der Waals surface area contributed by atoms with E-state index in [0.717, 1.165) is 26.1 Å². The molecular formula is C13H24N4O2. The van der Waals surface area contributed by atoms with Gasteiger partial charge in [0.05, 0.1) is 12.5 Å². The summed E-state index contributed by atoms with van der Waals surface area (Å²) in [4.78, 5) is 27.2. The van der Waals surface area contributed by atoms with Gasteiger partial charge in [-0.1, -0.05) is 0 Å². The first-order valence-electron chi connectivity index (χ1n) is 7.02. The first-order chi connectivity index (χ1) is 8.99. The van der Waals surface area contributed by atoms with Crippen molar-refractivity contribution in [2.24, 2.45) is 17.4 Å². The molecule has 2 amide bonds. The number of piperidine rings is 2. The Labute approximate surface area is 114 Å². The number of primary amides is 1. The Kier molecular flexibility index (Phi) is 4.42. The molecule has 0 spiro atoms. The van der Waals surface area contributed by atoms with Crippen LogP contribution in [0.3, 0.4) is 0 Å². The van der Waals surface area contributed by atoms with Gasteiger partial charge < -0.3 is 21.3 Å². The van der Waals surface area contributed by atoms with Crippen molar-refractivity contribution in [1.82, 2.24) is 9.80 Å². The molecule has 2 fully saturated rings. The van der Waals surface area contributed by atoms with E-state index in [0.29, 0.717) is 12.0 Å². The smallest absolute Gasteiger partial charge is 0.240 e. The molecule has 3 unspecified atom stereocenters. The van der Waals surface area contributed by atoms with E-state index < -0.39 is 11.9 Å². The Bertz CT molecular complexity index is 361. The van der Waals surface area contributed by atoms with E-state index in [1.54, 1.807) is 0 Å². The molecule has 6 heteroatoms. The summed E-state index contributed by atoms with van der Waals surface area (Å²) < 4.78 is 0. The summed E-state index contributed by atoms with van der Waals surface area (Å²) in [5.74, 6) is -0.115. The SMILES string of the molecule is CN1CCCC2CN(C(=O)C(N)CC(N)=O)CCC21. The van der Waals surface area contributed by atoms with E-state index in [4.69, 9.17) is 11.5 Å². The molecule has 6 nitrogen and oxygen atoms in total. The fourth-order valence-corrected chi connectivity index (χ4v) is 3.39. The van der Waals surface area contributed by atoms with E-state index >= 15 is 0 Å². The van der Waals surface area contributed by atoms with Gasteiger partial charge in [0.15, 0.2) is 0 Å². The number of amides is 2. The first kappa shape index (κ1) is 14.3. The fourth-order valence-electron chi connectivity index (χ4n) is 3.39. The van der Waals surface area contributed by atoms with Crippen LogP contribution in [0.25, 0.3) is 0 Å². The van der Waals surface area contributed by atoms with Crippen LogP contribution in [0.15, 0.2) is 0 Å². The number of fused-ring (bicyclic) bond motifs is 1. The van der Waals surface area contributed by atoms with Crippen molar-refractivity contribution in [3.8, 4) is 0 Å². The molecule has 0 aromatic carbocycles. The molecule has 0 aromatic heterocycles. The normalized spacial score (nSPS) is 29.7. The van der Waals surface area contributed by atoms with E-state index in [1.165, 1.54) is 12.8 Å². The van der Waals surface area contributed by atoms with Crippen molar-refractivity contribution in [3.63, 3.8) is 0 Å². The van der Waals surface area contributed by atoms with Crippen molar-refractivity contribution in [3.05, 3.63) is 0 Å². The summed E-state index contributed by atoms with van der Waals surface area (Å²) in [7, 11) is 2.16. The molecule has 4 N–H and O–H groups in total. The Morgan fingerprint density at radius 3 is 2.74 bits per heavy atom. The molecule has 0 saturated carbocycles. The Hall–Kier alpha value is -1.14. The van der Waals surface area contributed by atoms with Gasteiger partial charge in [-0.15, -0.1) is 0 Å². The van der Waals surface area contributed by atoms with Gasteiger partial charge >= 0.3 is 0 Å². The molecule has 2 saturated heterocycles. The highest BCUT2D eigenvalue weighted by atomic mass is 16.2. The molecule has 0 aromatic rings. The van der Waals surface area contributed by atoms with Gasteiger partial charge in [0.1, 0.15) is 0 Å². The predicted molar refractivity (Wildman–Crippen MR) is 72.1 cm³/mol. The topological polar surface area (TPSA) is 92.7 Å². The zero-order valence-corrected chi connectivity index (χ0v) is 11.5. The summed E-state index contributed by atoms with van der Waals surface area (Å²) in [6.45, 7) is 2.65. The van der Waals surface area contributed by atoms with Crippen LogP contribution in [-0.4, -0.2) is 60.4 Å². The van der Waals surface area contributed by atoms with E-state index in [1.807, 2.05) is 4.90 Å². The lowest BCUT2D eigenvalue weighted by Crippen LogP contribution is -2.56. The van der Waals surface area contributed by atoms with Gasteiger partial charge in [-0.2, -0.15) is 0 Å². The van der Waals surface area contributed by atoms with Gasteiger partial charge in [0.25, 0.3) is 0 Å². The largest absolute Gasteiger partial charge is 0.370 e. The van der Waals surface area contributed by atoms with Gasteiger partial charge in [-0.05, 0) is 38.8 Å². The molecule has 2 aliphatic heterocycles. The maximum atomic E-state index is 12.2. The summed E-state index contributed by atoms with van der Waals surface area (Å²) in [6.07, 6.45) is 3.29. The summed E-state index contributed by atoms with van der Waals surface area (Å²) in [5.41, 5.74) is 10.8. The van der Waals surface area contributed by atoms with Crippen LogP contribution in [-0.2, 0) is 9.59 Å². The first-order valence-corrected chi connectivity index (χ1v) is 7.02. The van der Waals surface area contributed by atoms with Gasteiger partial charge in [-0.25, -0.2) is 0 Å². The molecule has 2 aliphatic rings. The van der Waals surface area contributed by atoms with Crippen LogP contribution in [0.2, 0.25) is 0 Å². The average molecular weight is 268 g/mol. The molecule has 0 aliphatic carbocycles. The maximum absolute atomic E-state index is 12.2. The summed E-state index contributed by atoms with van der Waals surface area (Å²) in [5, 5.41) is 0. The van der Waals surface area contributed by atoms with Gasteiger partial charge in [0, 0.05) is 19.1 Å². The van der Waals surface area contributed by atoms with Crippen molar-refractivity contribution >= 4 is 11.8 Å². The third-order valence-corrected chi connectivity index (χ3v) is 4.40. The third-order valence-electron chi connectivity index (χ3n) is 4.40. The monoisotopic (exact) mass is 268 g/mol. The number of hydrogen-bond acceptors (Lipinski definition) is 4. The molecular weight excluding hydrogens is 244 g/mol. The second-order valence-electron chi connectivity index (χ2n) is 5.80. The number of likely N-dealkylation sites (tertiary alicyclic amines) is 2. The standard InChI is InChI=1S/C13H24N4O2/c1-16-5-2-3-9-8-17(6-4-11(9)16)13(19)10(14)7-12(15)18/h9-11H,2-8,14H2,1H3,(H2,15,18). The minimum atomic E-state index is -0.782. The van der Waals surface area contributed by atoms with Crippen molar-refractivity contribution in [1.29, 1.82) is 0 Å². The number of nitrogens with two attached hydrogens (primary N) is 2. The zero-order valence-electron chi connectivity index (χ0n) is 11.5. The fraction of sp³-hybridized carbons (Fsp3) is 0.846. The minimum Gasteiger partial charge on any atom is -0.370 e. The Balaban J connectivity index is 1.93. The average Bonchev–Trinajstić information content (AvgIpc) is 2.37. The number of carbonyl (C=O) groups excluding carboxylic acids is 2. The molecule has 19 heavy (non-hydrogen) atoms. The number of carbonyl (C=O) groups is 2. The lowest BCUT2D eigenvalue weighted by Gasteiger charge is -2.46. The van der Waals surface area contributed by atoms with E-state index in [-0.39, 0.29) is 12.3 Å². The second kappa shape index (κ2) is 5.88. The highest BCUT2D eigenvalue weighted by Gasteiger charge is 2.36. The summed E-state index contributed by atoms with van der Waals surface area (Å²) >= 11 is 0. The zero-order chi connectivity index (χ0) is 14.0. The van der Waals surface area contributed by atoms with Crippen LogP contribution in [0.1, 0.15) is 25.7 Å². The van der Waals surface area contributed by atoms with Crippen molar-refractivity contribution < 1.29 is 9.59 Å². The number of nitrogens with zero attached hydrogens (tertiary/aromatic N) is 2. The van der Waals surface area contributed by atoms with Crippen LogP contribution in [0.5, 0.6) is 0 Å². The molecule has 2 rings (SSSR count). The van der Waals surface area contributed by atoms with Crippen molar-refractivity contribution in [2.45, 2.75) is 37.8 Å². The number of rotatable bonds is 3. The number of hydrogen-bond donors (Lipinski definition) is 2. The van der Waals surface area contributed by atoms with Crippen LogP contribution >= 0.6 is 0 Å². The van der Waals surface area contributed by atoms with Crippen LogP contribution in [0, 0.1) is 5.92 Å². The Morgan fingerprint density at radius 2 is 2.05 bits per heavy atom. The van der Waals surface area contributed by atoms with E-state index in [2.05, 4.69) is 11.9 Å². The maximum Gasteiger partial charge on any atom is 0.240 e. The molecule has 2 heterocycles. The molecule has 0 bridgehead atoms. The Morgan fingerprint density at radius 1 is 1.32 bits per heavy atom. The lowest BCUT2D eigenvalue weighted by atomic mass is 9.84. The summed E-state index contributed by atoms with van der Waals surface area (Å²) in [6, 6.07) is -0.194. The minimum absolute atomic E-state index is 0.0661. The van der Waals surface area contributed by atoms with Crippen LogP contribution < -0.4 is 11.5 Å². The molecule has 108 valence electrons. The van der Waals surface area contributed by atoms with Gasteiger partial charge in [0.2, 0.25) is 11.8 Å². The third kappa shape index (κ3) is 3.25. The van der Waals surface area contributed by atoms with E-state index in [9.17, 15) is 9.59 Å². The van der Waals surface area contributed by atoms with Crippen molar-refractivity contribution in [2.75, 3.05) is 26.7 Å². The second-order valence-corrected chi connectivity index (χ2v) is 5.80. The molecule has 0 radical (unpaired) electrons. The lowest BCUT2D eigenvalue weighted by molar-refractivity contribution is -0.137. The molecule has 3 atom stereocenters. The van der Waals surface area contributed by atoms with Crippen LogP contribution in [0.4, 0.5) is 0 Å². The highest BCUT2D eigenvalue weighted by molar-refractivity contribution is 5.87.